The molecule has 0 atom stereocenters. The molecule has 0 bridgehead atoms. The quantitative estimate of drug-likeness (QED) is 0.752. The summed E-state index contributed by atoms with van der Waals surface area (Å²) >= 11 is 1.47. The third kappa shape index (κ3) is 3.85. The summed E-state index contributed by atoms with van der Waals surface area (Å²) in [4.78, 5) is 16.8. The van der Waals surface area contributed by atoms with E-state index in [1.165, 1.54) is 43.4 Å². The van der Waals surface area contributed by atoms with E-state index in [1.54, 1.807) is 6.07 Å². The molecule has 1 aliphatic rings. The second-order valence-electron chi connectivity index (χ2n) is 6.55. The number of nitrogens with one attached hydrogen (secondary N) is 1. The highest BCUT2D eigenvalue weighted by atomic mass is 32.1. The van der Waals surface area contributed by atoms with Gasteiger partial charge in [-0.1, -0.05) is 67.7 Å². The van der Waals surface area contributed by atoms with Gasteiger partial charge in [-0.05, 0) is 18.1 Å². The third-order valence-electron chi connectivity index (χ3n) is 4.71. The zero-order chi connectivity index (χ0) is 17.1. The van der Waals surface area contributed by atoms with Crippen LogP contribution in [0.25, 0.3) is 10.9 Å². The molecule has 6 heteroatoms. The molecule has 3 aromatic rings. The van der Waals surface area contributed by atoms with Crippen LogP contribution in [-0.2, 0) is 6.42 Å². The van der Waals surface area contributed by atoms with Crippen molar-refractivity contribution in [3.05, 3.63) is 47.1 Å². The van der Waals surface area contributed by atoms with Gasteiger partial charge in [0.25, 0.3) is 5.91 Å². The molecule has 2 aromatic heterocycles. The van der Waals surface area contributed by atoms with Crippen LogP contribution in [-0.4, -0.2) is 21.1 Å². The van der Waals surface area contributed by atoms with E-state index in [2.05, 4.69) is 20.5 Å². The van der Waals surface area contributed by atoms with Crippen molar-refractivity contribution >= 4 is 33.3 Å². The van der Waals surface area contributed by atoms with Crippen LogP contribution in [0.4, 0.5) is 5.13 Å². The number of hydrogen-bond acceptors (Lipinski definition) is 5. The maximum absolute atomic E-state index is 12.4. The Morgan fingerprint density at radius 3 is 2.80 bits per heavy atom. The summed E-state index contributed by atoms with van der Waals surface area (Å²) in [6.45, 7) is 0. The molecule has 0 unspecified atom stereocenters. The van der Waals surface area contributed by atoms with Crippen molar-refractivity contribution in [1.82, 2.24) is 15.2 Å². The number of para-hydroxylation sites is 1. The Morgan fingerprint density at radius 2 is 1.92 bits per heavy atom. The Hall–Kier alpha value is -2.34. The number of benzene rings is 1. The number of anilines is 1. The first kappa shape index (κ1) is 16.1. The highest BCUT2D eigenvalue weighted by Gasteiger charge is 2.17. The van der Waals surface area contributed by atoms with Gasteiger partial charge in [-0.3, -0.25) is 10.1 Å². The molecule has 5 nitrogen and oxygen atoms in total. The lowest BCUT2D eigenvalue weighted by atomic mass is 9.87. The fourth-order valence-corrected chi connectivity index (χ4v) is 4.23. The Labute approximate surface area is 150 Å². The van der Waals surface area contributed by atoms with Crippen molar-refractivity contribution in [2.45, 2.75) is 38.5 Å². The van der Waals surface area contributed by atoms with E-state index in [1.807, 2.05) is 30.3 Å². The predicted octanol–water partition coefficient (Wildman–Crippen LogP) is 4.46. The van der Waals surface area contributed by atoms with Gasteiger partial charge in [0.1, 0.15) is 10.7 Å². The normalized spacial score (nSPS) is 15.4. The number of rotatable bonds is 4. The van der Waals surface area contributed by atoms with E-state index in [0.29, 0.717) is 16.7 Å². The molecule has 1 amide bonds. The first-order chi connectivity index (χ1) is 12.3. The van der Waals surface area contributed by atoms with E-state index in [9.17, 15) is 4.79 Å². The zero-order valence-corrected chi connectivity index (χ0v) is 14.8. The van der Waals surface area contributed by atoms with Crippen LogP contribution in [0.2, 0.25) is 0 Å². The average molecular weight is 352 g/mol. The van der Waals surface area contributed by atoms with Crippen molar-refractivity contribution in [3.63, 3.8) is 0 Å². The highest BCUT2D eigenvalue weighted by molar-refractivity contribution is 7.15. The van der Waals surface area contributed by atoms with Gasteiger partial charge in [0.2, 0.25) is 5.13 Å². The van der Waals surface area contributed by atoms with Crippen molar-refractivity contribution in [1.29, 1.82) is 0 Å². The molecule has 1 aliphatic carbocycles. The molecular weight excluding hydrogens is 332 g/mol. The lowest BCUT2D eigenvalue weighted by Gasteiger charge is -2.19. The first-order valence-electron chi connectivity index (χ1n) is 8.77. The Bertz CT molecular complexity index is 886. The summed E-state index contributed by atoms with van der Waals surface area (Å²) in [7, 11) is 0. The number of aromatic nitrogens is 3. The van der Waals surface area contributed by atoms with Crippen molar-refractivity contribution in [2.24, 2.45) is 5.92 Å². The molecule has 4 rings (SSSR count). The lowest BCUT2D eigenvalue weighted by Crippen LogP contribution is -2.13. The maximum Gasteiger partial charge on any atom is 0.276 e. The molecule has 128 valence electrons. The summed E-state index contributed by atoms with van der Waals surface area (Å²) < 4.78 is 0. The average Bonchev–Trinajstić information content (AvgIpc) is 3.09. The fourth-order valence-electron chi connectivity index (χ4n) is 3.38. The standard InChI is InChI=1S/C19H20N4OS/c24-18(16-11-10-14-8-4-5-9-15(14)20-16)21-19-23-22-17(25-19)12-13-6-2-1-3-7-13/h4-5,8-11,13H,1-3,6-7,12H2,(H,21,23,24). The van der Waals surface area contributed by atoms with Crippen LogP contribution in [0.1, 0.15) is 47.6 Å². The number of amides is 1. The van der Waals surface area contributed by atoms with Crippen LogP contribution in [0, 0.1) is 5.92 Å². The highest BCUT2D eigenvalue weighted by Crippen LogP contribution is 2.28. The number of nitrogens with zero attached hydrogens (tertiary/aromatic N) is 3. The van der Waals surface area contributed by atoms with Crippen molar-refractivity contribution in [3.8, 4) is 0 Å². The number of pyridine rings is 1. The van der Waals surface area contributed by atoms with E-state index in [-0.39, 0.29) is 5.91 Å². The second kappa shape index (κ2) is 7.27. The summed E-state index contributed by atoms with van der Waals surface area (Å²) in [6, 6.07) is 11.4. The van der Waals surface area contributed by atoms with Gasteiger partial charge in [-0.2, -0.15) is 0 Å². The number of carbonyl (C=O) groups is 1. The van der Waals surface area contributed by atoms with Crippen LogP contribution < -0.4 is 5.32 Å². The minimum Gasteiger partial charge on any atom is -0.295 e. The fraction of sp³-hybridized carbons (Fsp3) is 0.368. The number of carbonyl (C=O) groups excluding carboxylic acids is 1. The molecule has 0 radical (unpaired) electrons. The van der Waals surface area contributed by atoms with Crippen LogP contribution in [0.5, 0.6) is 0 Å². The Kier molecular flexibility index (Phi) is 4.70. The minimum absolute atomic E-state index is 0.244. The van der Waals surface area contributed by atoms with Gasteiger partial charge >= 0.3 is 0 Å². The van der Waals surface area contributed by atoms with Gasteiger partial charge in [0, 0.05) is 11.8 Å². The number of hydrogen-bond donors (Lipinski definition) is 1. The summed E-state index contributed by atoms with van der Waals surface area (Å²) in [5.41, 5.74) is 1.20. The predicted molar refractivity (Wildman–Crippen MR) is 99.9 cm³/mol. The molecule has 1 N–H and O–H groups in total. The molecule has 1 aromatic carbocycles. The largest absolute Gasteiger partial charge is 0.295 e. The number of fused-ring (bicyclic) bond motifs is 1. The summed E-state index contributed by atoms with van der Waals surface area (Å²) in [5, 5.41) is 13.8. The van der Waals surface area contributed by atoms with Gasteiger partial charge in [-0.25, -0.2) is 4.98 Å². The van der Waals surface area contributed by atoms with Gasteiger partial charge in [0.05, 0.1) is 5.52 Å². The monoisotopic (exact) mass is 352 g/mol. The summed E-state index contributed by atoms with van der Waals surface area (Å²) in [5.74, 6) is 0.471. The smallest absolute Gasteiger partial charge is 0.276 e. The van der Waals surface area contributed by atoms with E-state index < -0.39 is 0 Å². The molecule has 2 heterocycles. The molecule has 0 aliphatic heterocycles. The third-order valence-corrected chi connectivity index (χ3v) is 5.57. The van der Waals surface area contributed by atoms with Crippen molar-refractivity contribution < 1.29 is 4.79 Å². The topological polar surface area (TPSA) is 67.8 Å². The summed E-state index contributed by atoms with van der Waals surface area (Å²) in [6.07, 6.45) is 7.53. The lowest BCUT2D eigenvalue weighted by molar-refractivity contribution is 0.102. The van der Waals surface area contributed by atoms with Crippen LogP contribution in [0.3, 0.4) is 0 Å². The van der Waals surface area contributed by atoms with Gasteiger partial charge < -0.3 is 0 Å². The van der Waals surface area contributed by atoms with Gasteiger partial charge in [-0.15, -0.1) is 10.2 Å². The van der Waals surface area contributed by atoms with Crippen molar-refractivity contribution in [2.75, 3.05) is 5.32 Å². The maximum atomic E-state index is 12.4. The Balaban J connectivity index is 1.43. The molecule has 0 spiro atoms. The molecule has 0 saturated heterocycles. The van der Waals surface area contributed by atoms with E-state index in [0.717, 1.165) is 22.3 Å². The second-order valence-corrected chi connectivity index (χ2v) is 7.61. The zero-order valence-electron chi connectivity index (χ0n) is 13.9. The SMILES string of the molecule is O=C(Nc1nnc(CC2CCCCC2)s1)c1ccc2ccccc2n1. The van der Waals surface area contributed by atoms with Crippen LogP contribution in [0.15, 0.2) is 36.4 Å². The van der Waals surface area contributed by atoms with Crippen LogP contribution >= 0.6 is 11.3 Å². The van der Waals surface area contributed by atoms with E-state index >= 15 is 0 Å². The minimum atomic E-state index is -0.244. The van der Waals surface area contributed by atoms with E-state index in [4.69, 9.17) is 0 Å². The molecule has 1 saturated carbocycles. The molecular formula is C19H20N4OS. The van der Waals surface area contributed by atoms with Gasteiger partial charge in [0.15, 0.2) is 0 Å². The Morgan fingerprint density at radius 1 is 1.08 bits per heavy atom. The molecule has 25 heavy (non-hydrogen) atoms. The first-order valence-corrected chi connectivity index (χ1v) is 9.59. The molecule has 1 fully saturated rings.